The van der Waals surface area contributed by atoms with Crippen LogP contribution in [0.2, 0.25) is 0 Å². The molecule has 0 saturated carbocycles. The van der Waals surface area contributed by atoms with Gasteiger partial charge in [0.2, 0.25) is 0 Å². The molecule has 1 N–H and O–H groups in total. The minimum atomic E-state index is -0.221. The van der Waals surface area contributed by atoms with Crippen LogP contribution in [0.15, 0.2) is 51.6 Å². The summed E-state index contributed by atoms with van der Waals surface area (Å²) in [5, 5.41) is 2.54. The van der Waals surface area contributed by atoms with E-state index in [4.69, 9.17) is 4.74 Å². The normalized spacial score (nSPS) is 21.5. The zero-order valence-corrected chi connectivity index (χ0v) is 16.5. The van der Waals surface area contributed by atoms with E-state index in [-0.39, 0.29) is 24.0 Å². The number of hydrogen-bond acceptors (Lipinski definition) is 6. The van der Waals surface area contributed by atoms with Crippen molar-refractivity contribution in [3.8, 4) is 5.75 Å². The fraction of sp³-hybridized carbons (Fsp3) is 0.381. The first kappa shape index (κ1) is 19.2. The molecule has 150 valence electrons. The maximum atomic E-state index is 12.0. The fourth-order valence-corrected chi connectivity index (χ4v) is 3.49. The Bertz CT molecular complexity index is 940. The topological polar surface area (TPSA) is 96.2 Å². The number of ether oxygens (including phenoxy) is 1. The van der Waals surface area contributed by atoms with E-state index >= 15 is 0 Å². The molecule has 4 rings (SSSR count). The lowest BCUT2D eigenvalue weighted by molar-refractivity contribution is -0.114. The number of carbonyl (C=O) groups excluding carboxylic acids is 2. The molecule has 29 heavy (non-hydrogen) atoms. The zero-order valence-electron chi connectivity index (χ0n) is 16.5. The van der Waals surface area contributed by atoms with Gasteiger partial charge in [0.1, 0.15) is 23.6 Å². The molecule has 0 spiro atoms. The molecular formula is C21H23N5O3. The van der Waals surface area contributed by atoms with Crippen LogP contribution in [0.4, 0.5) is 0 Å². The molecule has 0 radical (unpaired) electrons. The number of carbonyl (C=O) groups is 2. The van der Waals surface area contributed by atoms with Crippen LogP contribution >= 0.6 is 0 Å². The van der Waals surface area contributed by atoms with E-state index in [1.807, 2.05) is 25.3 Å². The molecular weight excluding hydrogens is 370 g/mol. The number of rotatable bonds is 6. The predicted octanol–water partition coefficient (Wildman–Crippen LogP) is 1.20. The van der Waals surface area contributed by atoms with Crippen LogP contribution in [0.3, 0.4) is 0 Å². The molecule has 3 aliphatic heterocycles. The molecule has 1 unspecified atom stereocenters. The SMILES string of the molecule is CCC1=CC2N=CC(CN3CC(Oc4ccc(C(=O)NC)nc4)C3)=CC2=NC1=O. The second-order valence-corrected chi connectivity index (χ2v) is 7.22. The Labute approximate surface area is 169 Å². The summed E-state index contributed by atoms with van der Waals surface area (Å²) < 4.78 is 5.90. The van der Waals surface area contributed by atoms with E-state index in [2.05, 4.69) is 25.2 Å². The third-order valence-corrected chi connectivity index (χ3v) is 5.11. The molecule has 2 amide bonds. The zero-order chi connectivity index (χ0) is 20.4. The van der Waals surface area contributed by atoms with E-state index in [1.54, 1.807) is 25.4 Å². The van der Waals surface area contributed by atoms with Crippen LogP contribution in [0.5, 0.6) is 5.75 Å². The molecule has 0 aromatic carbocycles. The van der Waals surface area contributed by atoms with E-state index in [1.165, 1.54) is 0 Å². The van der Waals surface area contributed by atoms with Crippen molar-refractivity contribution in [1.82, 2.24) is 15.2 Å². The Balaban J connectivity index is 1.28. The predicted molar refractivity (Wildman–Crippen MR) is 110 cm³/mol. The lowest BCUT2D eigenvalue weighted by Gasteiger charge is -2.39. The van der Waals surface area contributed by atoms with E-state index in [9.17, 15) is 9.59 Å². The first-order valence-electron chi connectivity index (χ1n) is 9.70. The number of nitrogens with zero attached hydrogens (tertiary/aromatic N) is 4. The molecule has 1 atom stereocenters. The molecule has 4 heterocycles. The standard InChI is InChI=1S/C21H23N5O3/c1-3-14-7-18-19(25-20(14)27)6-13(8-23-18)10-26-11-16(12-26)29-15-4-5-17(24-9-15)21(28)22-2/h4-9,16,18H,3,10-12H2,1-2H3,(H,22,28). The minimum Gasteiger partial charge on any atom is -0.486 e. The lowest BCUT2D eigenvalue weighted by atomic mass is 9.98. The molecule has 0 bridgehead atoms. The van der Waals surface area contributed by atoms with Gasteiger partial charge in [0, 0.05) is 38.5 Å². The summed E-state index contributed by atoms with van der Waals surface area (Å²) in [6.45, 7) is 4.27. The van der Waals surface area contributed by atoms with Crippen LogP contribution in [-0.4, -0.2) is 72.5 Å². The van der Waals surface area contributed by atoms with Crippen molar-refractivity contribution in [3.63, 3.8) is 0 Å². The third-order valence-electron chi connectivity index (χ3n) is 5.11. The van der Waals surface area contributed by atoms with Crippen molar-refractivity contribution in [2.24, 2.45) is 9.98 Å². The van der Waals surface area contributed by atoms with Crippen molar-refractivity contribution in [1.29, 1.82) is 0 Å². The summed E-state index contributed by atoms with van der Waals surface area (Å²) in [4.78, 5) is 38.6. The Hall–Kier alpha value is -3.13. The largest absolute Gasteiger partial charge is 0.486 e. The van der Waals surface area contributed by atoms with Gasteiger partial charge < -0.3 is 10.1 Å². The van der Waals surface area contributed by atoms with Gasteiger partial charge >= 0.3 is 0 Å². The summed E-state index contributed by atoms with van der Waals surface area (Å²) in [5.41, 5.74) is 2.85. The van der Waals surface area contributed by atoms with E-state index in [0.717, 1.165) is 36.5 Å². The van der Waals surface area contributed by atoms with Gasteiger partial charge in [-0.25, -0.2) is 9.98 Å². The number of dihydropyridines is 2. The quantitative estimate of drug-likeness (QED) is 0.783. The number of fused-ring (bicyclic) bond motifs is 1. The number of aromatic nitrogens is 1. The van der Waals surface area contributed by atoms with Gasteiger partial charge in [-0.05, 0) is 36.3 Å². The maximum Gasteiger partial charge on any atom is 0.272 e. The van der Waals surface area contributed by atoms with Crippen LogP contribution in [0.1, 0.15) is 23.8 Å². The van der Waals surface area contributed by atoms with Gasteiger partial charge in [-0.15, -0.1) is 0 Å². The maximum absolute atomic E-state index is 12.0. The summed E-state index contributed by atoms with van der Waals surface area (Å²) in [5.74, 6) is 0.277. The molecule has 3 aliphatic rings. The fourth-order valence-electron chi connectivity index (χ4n) is 3.49. The van der Waals surface area contributed by atoms with Crippen LogP contribution in [-0.2, 0) is 4.79 Å². The van der Waals surface area contributed by atoms with Crippen LogP contribution in [0.25, 0.3) is 0 Å². The Kier molecular flexibility index (Phi) is 5.35. The molecule has 0 aliphatic carbocycles. The molecule has 8 nitrogen and oxygen atoms in total. The number of hydrogen-bond donors (Lipinski definition) is 1. The highest BCUT2D eigenvalue weighted by molar-refractivity contribution is 6.16. The molecule has 1 fully saturated rings. The average Bonchev–Trinajstić information content (AvgIpc) is 2.71. The minimum absolute atomic E-state index is 0.0835. The Morgan fingerprint density at radius 3 is 2.86 bits per heavy atom. The van der Waals surface area contributed by atoms with Crippen molar-refractivity contribution in [2.75, 3.05) is 26.7 Å². The Morgan fingerprint density at radius 1 is 1.34 bits per heavy atom. The van der Waals surface area contributed by atoms with E-state index in [0.29, 0.717) is 17.9 Å². The number of nitrogens with one attached hydrogen (secondary N) is 1. The van der Waals surface area contributed by atoms with Crippen LogP contribution in [0, 0.1) is 0 Å². The highest BCUT2D eigenvalue weighted by atomic mass is 16.5. The summed E-state index contributed by atoms with van der Waals surface area (Å²) in [6, 6.07) is 3.27. The van der Waals surface area contributed by atoms with Gasteiger partial charge in [0.05, 0.1) is 11.9 Å². The number of amides is 2. The third kappa shape index (κ3) is 4.17. The number of pyridine rings is 1. The Morgan fingerprint density at radius 2 is 2.17 bits per heavy atom. The molecule has 8 heteroatoms. The lowest BCUT2D eigenvalue weighted by Crippen LogP contribution is -2.54. The molecule has 1 aromatic rings. The average molecular weight is 393 g/mol. The van der Waals surface area contributed by atoms with Gasteiger partial charge in [0.15, 0.2) is 0 Å². The van der Waals surface area contributed by atoms with Crippen molar-refractivity contribution in [2.45, 2.75) is 25.5 Å². The summed E-state index contributed by atoms with van der Waals surface area (Å²) in [6.07, 6.45) is 8.08. The monoisotopic (exact) mass is 393 g/mol. The van der Waals surface area contributed by atoms with Gasteiger partial charge in [-0.3, -0.25) is 19.5 Å². The van der Waals surface area contributed by atoms with Gasteiger partial charge in [-0.1, -0.05) is 6.92 Å². The van der Waals surface area contributed by atoms with Gasteiger partial charge in [-0.2, -0.15) is 0 Å². The molecule has 1 saturated heterocycles. The van der Waals surface area contributed by atoms with Gasteiger partial charge in [0.25, 0.3) is 11.8 Å². The second kappa shape index (κ2) is 8.08. The number of aliphatic imine (C=N–C) groups is 2. The van der Waals surface area contributed by atoms with Crippen LogP contribution < -0.4 is 10.1 Å². The summed E-state index contributed by atoms with van der Waals surface area (Å²) in [7, 11) is 1.57. The van der Waals surface area contributed by atoms with E-state index < -0.39 is 0 Å². The highest BCUT2D eigenvalue weighted by Gasteiger charge is 2.30. The first-order chi connectivity index (χ1) is 14.1. The first-order valence-corrected chi connectivity index (χ1v) is 9.70. The van der Waals surface area contributed by atoms with Crippen molar-refractivity contribution >= 4 is 23.7 Å². The van der Waals surface area contributed by atoms with Crippen molar-refractivity contribution < 1.29 is 14.3 Å². The van der Waals surface area contributed by atoms with Crippen molar-refractivity contribution in [3.05, 3.63) is 47.3 Å². The highest BCUT2D eigenvalue weighted by Crippen LogP contribution is 2.21. The smallest absolute Gasteiger partial charge is 0.272 e. The second-order valence-electron chi connectivity index (χ2n) is 7.22. The summed E-state index contributed by atoms with van der Waals surface area (Å²) >= 11 is 0. The molecule has 1 aromatic heterocycles. The number of likely N-dealkylation sites (tertiary alicyclic amines) is 1.